The smallest absolute Gasteiger partial charge is 0.169 e. The highest BCUT2D eigenvalue weighted by atomic mass is 16.1. The Balaban J connectivity index is 1.77. The molecule has 0 saturated heterocycles. The zero-order chi connectivity index (χ0) is 10.3. The van der Waals surface area contributed by atoms with Gasteiger partial charge in [-0.1, -0.05) is 12.8 Å². The summed E-state index contributed by atoms with van der Waals surface area (Å²) in [4.78, 5) is 19.9. The van der Waals surface area contributed by atoms with Crippen LogP contribution in [0.15, 0.2) is 18.7 Å². The van der Waals surface area contributed by atoms with Crippen molar-refractivity contribution in [3.05, 3.63) is 24.3 Å². The van der Waals surface area contributed by atoms with Crippen LogP contribution in [-0.2, 0) is 0 Å². The summed E-state index contributed by atoms with van der Waals surface area (Å²) >= 11 is 0. The van der Waals surface area contributed by atoms with Gasteiger partial charge in [-0.2, -0.15) is 0 Å². The highest BCUT2D eigenvalue weighted by Gasteiger charge is 2.54. The van der Waals surface area contributed by atoms with Gasteiger partial charge in [0.1, 0.15) is 6.33 Å². The van der Waals surface area contributed by atoms with E-state index in [1.165, 1.54) is 32.0 Å². The molecule has 2 atom stereocenters. The molecule has 2 saturated carbocycles. The van der Waals surface area contributed by atoms with Gasteiger partial charge in [-0.25, -0.2) is 9.97 Å². The van der Waals surface area contributed by atoms with Crippen LogP contribution in [0.2, 0.25) is 0 Å². The van der Waals surface area contributed by atoms with Crippen LogP contribution in [0, 0.1) is 17.8 Å². The summed E-state index contributed by atoms with van der Waals surface area (Å²) in [6.45, 7) is 0. The molecule has 1 aromatic rings. The molecule has 2 unspecified atom stereocenters. The molecule has 0 N–H and O–H groups in total. The van der Waals surface area contributed by atoms with E-state index < -0.39 is 0 Å². The van der Waals surface area contributed by atoms with Gasteiger partial charge in [-0.15, -0.1) is 0 Å². The number of carbonyl (C=O) groups excluding carboxylic acids is 1. The molecule has 0 amide bonds. The Morgan fingerprint density at radius 3 is 2.33 bits per heavy atom. The van der Waals surface area contributed by atoms with Crippen LogP contribution in [0.4, 0.5) is 0 Å². The molecule has 3 rings (SSSR count). The summed E-state index contributed by atoms with van der Waals surface area (Å²) in [7, 11) is 0. The number of hydrogen-bond donors (Lipinski definition) is 0. The summed E-state index contributed by atoms with van der Waals surface area (Å²) in [5, 5.41) is 0. The second-order valence-electron chi connectivity index (χ2n) is 4.63. The van der Waals surface area contributed by atoms with Crippen LogP contribution in [-0.4, -0.2) is 15.8 Å². The number of carbonyl (C=O) groups is 1. The van der Waals surface area contributed by atoms with E-state index in [1.54, 1.807) is 12.4 Å². The molecule has 2 aliphatic carbocycles. The molecule has 0 radical (unpaired) electrons. The fourth-order valence-corrected chi connectivity index (χ4v) is 3.00. The maximum atomic E-state index is 12.1. The van der Waals surface area contributed by atoms with Crippen LogP contribution in [0.5, 0.6) is 0 Å². The van der Waals surface area contributed by atoms with E-state index in [2.05, 4.69) is 9.97 Å². The predicted octanol–water partition coefficient (Wildman–Crippen LogP) is 2.10. The highest BCUT2D eigenvalue weighted by Crippen LogP contribution is 2.56. The van der Waals surface area contributed by atoms with E-state index in [1.807, 2.05) is 0 Å². The molecule has 0 bridgehead atoms. The minimum absolute atomic E-state index is 0.271. The zero-order valence-electron chi connectivity index (χ0n) is 8.60. The van der Waals surface area contributed by atoms with Crippen molar-refractivity contribution in [2.45, 2.75) is 25.7 Å². The third kappa shape index (κ3) is 1.46. The molecule has 3 heteroatoms. The van der Waals surface area contributed by atoms with Crippen molar-refractivity contribution in [3.8, 4) is 0 Å². The van der Waals surface area contributed by atoms with Gasteiger partial charge in [0.25, 0.3) is 0 Å². The van der Waals surface area contributed by atoms with Crippen molar-refractivity contribution in [3.63, 3.8) is 0 Å². The van der Waals surface area contributed by atoms with Gasteiger partial charge in [0, 0.05) is 18.3 Å². The number of aromatic nitrogens is 2. The Labute approximate surface area is 88.9 Å². The summed E-state index contributed by atoms with van der Waals surface area (Å²) in [6.07, 6.45) is 9.84. The molecule has 2 fully saturated rings. The molecule has 15 heavy (non-hydrogen) atoms. The first kappa shape index (κ1) is 9.01. The lowest BCUT2D eigenvalue weighted by Gasteiger charge is -2.04. The first-order valence-corrected chi connectivity index (χ1v) is 5.67. The Hall–Kier alpha value is -1.25. The molecule has 78 valence electrons. The largest absolute Gasteiger partial charge is 0.294 e. The van der Waals surface area contributed by atoms with Crippen molar-refractivity contribution in [2.75, 3.05) is 0 Å². The lowest BCUT2D eigenvalue weighted by Crippen LogP contribution is -2.05. The maximum absolute atomic E-state index is 12.1. The molecular formula is C12H14N2O. The van der Waals surface area contributed by atoms with Gasteiger partial charge in [-0.05, 0) is 24.7 Å². The Morgan fingerprint density at radius 1 is 1.13 bits per heavy atom. The third-order valence-corrected chi connectivity index (χ3v) is 3.80. The minimum Gasteiger partial charge on any atom is -0.294 e. The van der Waals surface area contributed by atoms with Crippen molar-refractivity contribution in [2.24, 2.45) is 17.8 Å². The molecule has 2 aliphatic rings. The summed E-state index contributed by atoms with van der Waals surface area (Å²) < 4.78 is 0. The number of ketones is 1. The molecule has 0 aromatic carbocycles. The van der Waals surface area contributed by atoms with E-state index in [9.17, 15) is 4.79 Å². The Morgan fingerprint density at radius 2 is 1.73 bits per heavy atom. The molecule has 1 heterocycles. The van der Waals surface area contributed by atoms with E-state index in [-0.39, 0.29) is 5.78 Å². The van der Waals surface area contributed by atoms with Gasteiger partial charge >= 0.3 is 0 Å². The predicted molar refractivity (Wildman–Crippen MR) is 55.3 cm³/mol. The lowest BCUT2D eigenvalue weighted by molar-refractivity contribution is 0.0955. The van der Waals surface area contributed by atoms with Crippen LogP contribution in [0.1, 0.15) is 36.0 Å². The lowest BCUT2D eigenvalue weighted by atomic mass is 10.0. The molecule has 3 nitrogen and oxygen atoms in total. The summed E-state index contributed by atoms with van der Waals surface area (Å²) in [5.41, 5.74) is 0.692. The van der Waals surface area contributed by atoms with Crippen LogP contribution in [0.3, 0.4) is 0 Å². The maximum Gasteiger partial charge on any atom is 0.169 e. The van der Waals surface area contributed by atoms with Crippen LogP contribution in [0.25, 0.3) is 0 Å². The molecule has 1 aromatic heterocycles. The molecular weight excluding hydrogens is 188 g/mol. The first-order valence-electron chi connectivity index (χ1n) is 5.67. The van der Waals surface area contributed by atoms with Gasteiger partial charge in [0.15, 0.2) is 5.78 Å². The van der Waals surface area contributed by atoms with E-state index in [4.69, 9.17) is 0 Å². The zero-order valence-corrected chi connectivity index (χ0v) is 8.60. The number of Topliss-reactive ketones (excluding diaryl/α,β-unsaturated/α-hetero) is 1. The van der Waals surface area contributed by atoms with Crippen LogP contribution < -0.4 is 0 Å². The standard InChI is InChI=1S/C12H14N2O/c15-12(8-5-13-7-14-6-8)11-9-3-1-2-4-10(9)11/h5-7,9-11H,1-4H2. The van der Waals surface area contributed by atoms with Gasteiger partial charge in [0.2, 0.25) is 0 Å². The van der Waals surface area contributed by atoms with Crippen molar-refractivity contribution in [1.29, 1.82) is 0 Å². The number of rotatable bonds is 2. The Bertz CT molecular complexity index is 364. The van der Waals surface area contributed by atoms with Crippen LogP contribution >= 0.6 is 0 Å². The second-order valence-corrected chi connectivity index (χ2v) is 4.63. The monoisotopic (exact) mass is 202 g/mol. The fraction of sp³-hybridized carbons (Fsp3) is 0.583. The minimum atomic E-state index is 0.271. The van der Waals surface area contributed by atoms with E-state index >= 15 is 0 Å². The van der Waals surface area contributed by atoms with Crippen molar-refractivity contribution in [1.82, 2.24) is 9.97 Å². The number of hydrogen-bond acceptors (Lipinski definition) is 3. The van der Waals surface area contributed by atoms with Crippen molar-refractivity contribution >= 4 is 5.78 Å². The summed E-state index contributed by atoms with van der Waals surface area (Å²) in [6, 6.07) is 0. The Kier molecular flexibility index (Phi) is 2.04. The van der Waals surface area contributed by atoms with Gasteiger partial charge in [0.05, 0.1) is 5.56 Å². The normalized spacial score (nSPS) is 33.2. The quantitative estimate of drug-likeness (QED) is 0.690. The summed E-state index contributed by atoms with van der Waals surface area (Å²) in [5.74, 6) is 1.91. The SMILES string of the molecule is O=C(c1cncnc1)C1C2CCCCC21. The van der Waals surface area contributed by atoms with Crippen molar-refractivity contribution < 1.29 is 4.79 Å². The van der Waals surface area contributed by atoms with E-state index in [0.717, 1.165) is 0 Å². The fourth-order valence-electron chi connectivity index (χ4n) is 3.00. The average Bonchev–Trinajstić information content (AvgIpc) is 3.03. The molecule has 0 aliphatic heterocycles. The van der Waals surface area contributed by atoms with Gasteiger partial charge < -0.3 is 0 Å². The van der Waals surface area contributed by atoms with Gasteiger partial charge in [-0.3, -0.25) is 4.79 Å². The highest BCUT2D eigenvalue weighted by molar-refractivity contribution is 5.99. The number of nitrogens with zero attached hydrogens (tertiary/aromatic N) is 2. The number of fused-ring (bicyclic) bond motifs is 1. The topological polar surface area (TPSA) is 42.9 Å². The first-order chi connectivity index (χ1) is 7.38. The average molecular weight is 202 g/mol. The second kappa shape index (κ2) is 3.40. The van der Waals surface area contributed by atoms with E-state index in [0.29, 0.717) is 23.3 Å². The molecule has 0 spiro atoms. The third-order valence-electron chi connectivity index (χ3n) is 3.80.